The highest BCUT2D eigenvalue weighted by molar-refractivity contribution is 6.09. The Labute approximate surface area is 148 Å². The molecule has 0 aliphatic carbocycles. The van der Waals surface area contributed by atoms with Gasteiger partial charge in [-0.15, -0.1) is 0 Å². The van der Waals surface area contributed by atoms with Crippen molar-refractivity contribution in [3.63, 3.8) is 0 Å². The minimum Gasteiger partial charge on any atom is -0.457 e. The second-order valence-corrected chi connectivity index (χ2v) is 5.34. The first-order valence-electron chi connectivity index (χ1n) is 7.59. The minimum absolute atomic E-state index is 0.172. The molecule has 0 radical (unpaired) electrons. The van der Waals surface area contributed by atoms with E-state index in [2.05, 4.69) is 5.32 Å². The Morgan fingerprint density at radius 1 is 0.962 bits per heavy atom. The first kappa shape index (κ1) is 17.1. The van der Waals surface area contributed by atoms with Crippen molar-refractivity contribution in [1.82, 2.24) is 0 Å². The minimum atomic E-state index is -0.640. The number of anilines is 1. The molecule has 1 aromatic heterocycles. The Bertz CT molecular complexity index is 998. The molecule has 3 aromatic rings. The molecule has 0 fully saturated rings. The van der Waals surface area contributed by atoms with Crippen LogP contribution >= 0.6 is 0 Å². The van der Waals surface area contributed by atoms with Gasteiger partial charge in [0.05, 0.1) is 0 Å². The Kier molecular flexibility index (Phi) is 4.90. The molecule has 4 nitrogen and oxygen atoms in total. The Morgan fingerprint density at radius 3 is 2.19 bits per heavy atom. The van der Waals surface area contributed by atoms with E-state index in [-0.39, 0.29) is 11.4 Å². The van der Waals surface area contributed by atoms with E-state index in [9.17, 15) is 18.8 Å². The highest BCUT2D eigenvalue weighted by Crippen LogP contribution is 2.24. The van der Waals surface area contributed by atoms with Crippen LogP contribution in [0, 0.1) is 23.0 Å². The molecule has 0 saturated carbocycles. The van der Waals surface area contributed by atoms with Gasteiger partial charge in [0.1, 0.15) is 34.8 Å². The molecule has 0 aliphatic heterocycles. The van der Waals surface area contributed by atoms with Gasteiger partial charge in [-0.2, -0.15) is 5.26 Å². The maximum Gasteiger partial charge on any atom is 0.266 e. The van der Waals surface area contributed by atoms with Gasteiger partial charge in [0.15, 0.2) is 0 Å². The van der Waals surface area contributed by atoms with Crippen molar-refractivity contribution in [3.8, 4) is 17.4 Å². The van der Waals surface area contributed by atoms with Gasteiger partial charge in [-0.25, -0.2) is 8.78 Å². The van der Waals surface area contributed by atoms with E-state index in [0.29, 0.717) is 22.8 Å². The van der Waals surface area contributed by atoms with Gasteiger partial charge in [-0.05, 0) is 60.7 Å². The van der Waals surface area contributed by atoms with Gasteiger partial charge in [0, 0.05) is 17.3 Å². The summed E-state index contributed by atoms with van der Waals surface area (Å²) in [6, 6.07) is 16.0. The summed E-state index contributed by atoms with van der Waals surface area (Å²) >= 11 is 0. The molecule has 6 heteroatoms. The molecular formula is C20H12F2N2O2. The summed E-state index contributed by atoms with van der Waals surface area (Å²) in [5, 5.41) is 11.7. The predicted molar refractivity (Wildman–Crippen MR) is 92.7 cm³/mol. The highest BCUT2D eigenvalue weighted by Gasteiger charge is 2.11. The van der Waals surface area contributed by atoms with Crippen molar-refractivity contribution in [2.45, 2.75) is 0 Å². The highest BCUT2D eigenvalue weighted by atomic mass is 19.1. The molecule has 2 aromatic carbocycles. The number of carbonyl (C=O) groups excluding carboxylic acids is 1. The van der Waals surface area contributed by atoms with Crippen LogP contribution in [0.5, 0.6) is 0 Å². The quantitative estimate of drug-likeness (QED) is 0.544. The smallest absolute Gasteiger partial charge is 0.266 e. The lowest BCUT2D eigenvalue weighted by Crippen LogP contribution is -2.13. The van der Waals surface area contributed by atoms with Crippen LogP contribution in [0.3, 0.4) is 0 Å². The van der Waals surface area contributed by atoms with E-state index in [1.807, 2.05) is 0 Å². The molecular weight excluding hydrogens is 338 g/mol. The molecule has 0 unspecified atom stereocenters. The molecule has 1 N–H and O–H groups in total. The van der Waals surface area contributed by atoms with Crippen molar-refractivity contribution in [2.24, 2.45) is 0 Å². The van der Waals surface area contributed by atoms with Crippen molar-refractivity contribution >= 4 is 17.7 Å². The molecule has 128 valence electrons. The average Bonchev–Trinajstić information content (AvgIpc) is 3.11. The second kappa shape index (κ2) is 7.45. The molecule has 0 spiro atoms. The predicted octanol–water partition coefficient (Wildman–Crippen LogP) is 4.77. The van der Waals surface area contributed by atoms with Crippen LogP contribution < -0.4 is 5.32 Å². The maximum atomic E-state index is 13.0. The second-order valence-electron chi connectivity index (χ2n) is 5.34. The van der Waals surface area contributed by atoms with Crippen LogP contribution in [0.4, 0.5) is 14.5 Å². The fraction of sp³-hybridized carbons (Fsp3) is 0. The van der Waals surface area contributed by atoms with E-state index in [1.54, 1.807) is 30.3 Å². The van der Waals surface area contributed by atoms with Crippen LogP contribution in [-0.4, -0.2) is 5.91 Å². The number of benzene rings is 2. The standard InChI is InChI=1S/C20H12F2N2O2/c21-15-3-1-13(2-4-15)19-10-9-18(26-19)11-14(12-23)20(25)24-17-7-5-16(22)6-8-17/h1-11H,(H,24,25)/b14-11+. The summed E-state index contributed by atoms with van der Waals surface area (Å²) in [5.41, 5.74) is 0.860. The van der Waals surface area contributed by atoms with E-state index < -0.39 is 11.7 Å². The zero-order valence-corrected chi connectivity index (χ0v) is 13.4. The summed E-state index contributed by atoms with van der Waals surface area (Å²) in [4.78, 5) is 12.2. The number of furan rings is 1. The SMILES string of the molecule is N#C/C(=C\c1ccc(-c2ccc(F)cc2)o1)C(=O)Nc1ccc(F)cc1. The number of amides is 1. The van der Waals surface area contributed by atoms with E-state index in [1.165, 1.54) is 42.5 Å². The third kappa shape index (κ3) is 4.02. The Balaban J connectivity index is 1.78. The molecule has 0 atom stereocenters. The third-order valence-corrected chi connectivity index (χ3v) is 3.51. The first-order chi connectivity index (χ1) is 12.5. The number of rotatable bonds is 4. The van der Waals surface area contributed by atoms with Gasteiger partial charge < -0.3 is 9.73 Å². The zero-order valence-electron chi connectivity index (χ0n) is 13.4. The molecule has 26 heavy (non-hydrogen) atoms. The maximum absolute atomic E-state index is 13.0. The fourth-order valence-electron chi connectivity index (χ4n) is 2.22. The van der Waals surface area contributed by atoms with Crippen molar-refractivity contribution < 1.29 is 18.0 Å². The molecule has 0 bridgehead atoms. The number of halogens is 2. The fourth-order valence-corrected chi connectivity index (χ4v) is 2.22. The van der Waals surface area contributed by atoms with Crippen LogP contribution in [-0.2, 0) is 4.79 Å². The molecule has 0 saturated heterocycles. The number of hydrogen-bond donors (Lipinski definition) is 1. The van der Waals surface area contributed by atoms with Crippen LogP contribution in [0.15, 0.2) is 70.7 Å². The largest absolute Gasteiger partial charge is 0.457 e. The number of hydrogen-bond acceptors (Lipinski definition) is 3. The molecule has 1 amide bonds. The third-order valence-electron chi connectivity index (χ3n) is 3.51. The summed E-state index contributed by atoms with van der Waals surface area (Å²) in [5.74, 6) is -0.644. The lowest BCUT2D eigenvalue weighted by molar-refractivity contribution is -0.112. The van der Waals surface area contributed by atoms with Crippen LogP contribution in [0.25, 0.3) is 17.4 Å². The topological polar surface area (TPSA) is 66.0 Å². The van der Waals surface area contributed by atoms with Gasteiger partial charge >= 0.3 is 0 Å². The van der Waals surface area contributed by atoms with Crippen molar-refractivity contribution in [3.05, 3.63) is 83.6 Å². The van der Waals surface area contributed by atoms with E-state index >= 15 is 0 Å². The number of nitrogens with zero attached hydrogens (tertiary/aromatic N) is 1. The van der Waals surface area contributed by atoms with Crippen LogP contribution in [0.1, 0.15) is 5.76 Å². The van der Waals surface area contributed by atoms with Crippen molar-refractivity contribution in [1.29, 1.82) is 5.26 Å². The van der Waals surface area contributed by atoms with Gasteiger partial charge in [-0.3, -0.25) is 4.79 Å². The normalized spacial score (nSPS) is 11.0. The lowest BCUT2D eigenvalue weighted by Gasteiger charge is -2.03. The summed E-state index contributed by atoms with van der Waals surface area (Å²) in [6.07, 6.45) is 1.30. The van der Waals surface area contributed by atoms with Gasteiger partial charge in [0.2, 0.25) is 0 Å². The number of carbonyl (C=O) groups is 1. The van der Waals surface area contributed by atoms with Gasteiger partial charge in [-0.1, -0.05) is 0 Å². The summed E-state index contributed by atoms with van der Waals surface area (Å²) in [6.45, 7) is 0. The van der Waals surface area contributed by atoms with E-state index in [4.69, 9.17) is 4.42 Å². The van der Waals surface area contributed by atoms with Gasteiger partial charge in [0.25, 0.3) is 5.91 Å². The van der Waals surface area contributed by atoms with Crippen LogP contribution in [0.2, 0.25) is 0 Å². The summed E-state index contributed by atoms with van der Waals surface area (Å²) < 4.78 is 31.4. The monoisotopic (exact) mass is 350 g/mol. The molecule has 0 aliphatic rings. The number of nitrogens with one attached hydrogen (secondary N) is 1. The first-order valence-corrected chi connectivity index (χ1v) is 7.59. The Hall–Kier alpha value is -3.72. The molecule has 1 heterocycles. The van der Waals surface area contributed by atoms with E-state index in [0.717, 1.165) is 0 Å². The zero-order chi connectivity index (χ0) is 18.5. The average molecular weight is 350 g/mol. The molecule has 3 rings (SSSR count). The number of nitriles is 1. The lowest BCUT2D eigenvalue weighted by atomic mass is 10.2. The van der Waals surface area contributed by atoms with Crippen molar-refractivity contribution in [2.75, 3.05) is 5.32 Å². The Morgan fingerprint density at radius 2 is 1.58 bits per heavy atom. The summed E-state index contributed by atoms with van der Waals surface area (Å²) in [7, 11) is 0.